The zero-order chi connectivity index (χ0) is 14.0. The molecule has 3 unspecified atom stereocenters. The van der Waals surface area contributed by atoms with Crippen molar-refractivity contribution in [3.8, 4) is 0 Å². The third-order valence-electron chi connectivity index (χ3n) is 3.71. The highest BCUT2D eigenvalue weighted by molar-refractivity contribution is 6.20. The molecule has 0 bridgehead atoms. The van der Waals surface area contributed by atoms with E-state index in [-0.39, 0.29) is 5.38 Å². The van der Waals surface area contributed by atoms with Gasteiger partial charge in [0.15, 0.2) is 5.65 Å². The number of halogens is 1. The average molecular weight is 280 g/mol. The van der Waals surface area contributed by atoms with Gasteiger partial charge in [-0.1, -0.05) is 20.3 Å². The van der Waals surface area contributed by atoms with Crippen molar-refractivity contribution in [3.05, 3.63) is 24.2 Å². The Morgan fingerprint density at radius 2 is 2.05 bits per heavy atom. The summed E-state index contributed by atoms with van der Waals surface area (Å²) in [4.78, 5) is 9.12. The van der Waals surface area contributed by atoms with Gasteiger partial charge in [-0.15, -0.1) is 11.6 Å². The Balaban J connectivity index is 2.47. The molecule has 2 rings (SSSR count). The molecule has 2 aromatic heterocycles. The average Bonchev–Trinajstić information content (AvgIpc) is 2.78. The van der Waals surface area contributed by atoms with E-state index >= 15 is 0 Å². The Hall–Kier alpha value is -1.09. The van der Waals surface area contributed by atoms with Crippen molar-refractivity contribution in [2.75, 3.05) is 0 Å². The lowest BCUT2D eigenvalue weighted by Gasteiger charge is -2.20. The van der Waals surface area contributed by atoms with Gasteiger partial charge < -0.3 is 4.57 Å². The number of nitrogens with zero attached hydrogens (tertiary/aromatic N) is 3. The van der Waals surface area contributed by atoms with Gasteiger partial charge in [0.05, 0.1) is 5.38 Å². The van der Waals surface area contributed by atoms with Crippen LogP contribution in [0.4, 0.5) is 0 Å². The minimum atomic E-state index is -0.103. The van der Waals surface area contributed by atoms with Crippen LogP contribution in [0.1, 0.15) is 57.8 Å². The van der Waals surface area contributed by atoms with Crippen LogP contribution >= 0.6 is 11.6 Å². The van der Waals surface area contributed by atoms with Gasteiger partial charge in [0.2, 0.25) is 0 Å². The second-order valence-corrected chi connectivity index (χ2v) is 6.05. The van der Waals surface area contributed by atoms with Crippen LogP contribution in [0.2, 0.25) is 0 Å². The minimum absolute atomic E-state index is 0.103. The quantitative estimate of drug-likeness (QED) is 0.741. The Bertz CT molecular complexity index is 547. The molecule has 0 spiro atoms. The van der Waals surface area contributed by atoms with Gasteiger partial charge in [0.25, 0.3) is 0 Å². The molecule has 0 aliphatic heterocycles. The van der Waals surface area contributed by atoms with Gasteiger partial charge in [0.1, 0.15) is 11.3 Å². The van der Waals surface area contributed by atoms with Crippen molar-refractivity contribution < 1.29 is 0 Å². The highest BCUT2D eigenvalue weighted by atomic mass is 35.5. The summed E-state index contributed by atoms with van der Waals surface area (Å²) in [7, 11) is 0. The molecule has 104 valence electrons. The number of aromatic nitrogens is 3. The molecule has 0 radical (unpaired) electrons. The molecule has 0 amide bonds. The lowest BCUT2D eigenvalue weighted by Crippen LogP contribution is -2.13. The van der Waals surface area contributed by atoms with Gasteiger partial charge in [0, 0.05) is 12.2 Å². The fourth-order valence-electron chi connectivity index (χ4n) is 2.52. The first-order valence-corrected chi connectivity index (χ1v) is 7.45. The molecule has 0 saturated carbocycles. The molecular formula is C15H22ClN3. The normalized spacial score (nSPS) is 16.5. The molecule has 0 fully saturated rings. The van der Waals surface area contributed by atoms with Crippen molar-refractivity contribution in [1.29, 1.82) is 0 Å². The van der Waals surface area contributed by atoms with E-state index in [4.69, 9.17) is 11.6 Å². The van der Waals surface area contributed by atoms with Gasteiger partial charge in [-0.05, 0) is 38.3 Å². The maximum absolute atomic E-state index is 6.28. The molecular weight excluding hydrogens is 258 g/mol. The van der Waals surface area contributed by atoms with E-state index in [9.17, 15) is 0 Å². The van der Waals surface area contributed by atoms with Crippen LogP contribution in [0.15, 0.2) is 18.3 Å². The second-order valence-electron chi connectivity index (χ2n) is 5.40. The van der Waals surface area contributed by atoms with E-state index < -0.39 is 0 Å². The molecule has 0 aliphatic rings. The monoisotopic (exact) mass is 279 g/mol. The zero-order valence-corrected chi connectivity index (χ0v) is 12.9. The maximum Gasteiger partial charge on any atom is 0.160 e. The summed E-state index contributed by atoms with van der Waals surface area (Å²) >= 11 is 6.28. The SMILES string of the molecule is CCC(C)CC(C)n1c(C(C)Cl)nc2cccnc21. The van der Waals surface area contributed by atoms with Crippen LogP contribution < -0.4 is 0 Å². The summed E-state index contributed by atoms with van der Waals surface area (Å²) in [6.07, 6.45) is 4.13. The van der Waals surface area contributed by atoms with Crippen molar-refractivity contribution in [1.82, 2.24) is 14.5 Å². The summed E-state index contributed by atoms with van der Waals surface area (Å²) in [6, 6.07) is 4.28. The molecule has 2 heterocycles. The highest BCUT2D eigenvalue weighted by Crippen LogP contribution is 2.30. The molecule has 0 aliphatic carbocycles. The van der Waals surface area contributed by atoms with E-state index in [1.54, 1.807) is 0 Å². The number of fused-ring (bicyclic) bond motifs is 1. The third-order valence-corrected chi connectivity index (χ3v) is 3.91. The van der Waals surface area contributed by atoms with E-state index in [1.165, 1.54) is 6.42 Å². The predicted molar refractivity (Wildman–Crippen MR) is 80.6 cm³/mol. The fourth-order valence-corrected chi connectivity index (χ4v) is 2.67. The molecule has 3 atom stereocenters. The van der Waals surface area contributed by atoms with Gasteiger partial charge >= 0.3 is 0 Å². The predicted octanol–water partition coefficient (Wildman–Crippen LogP) is 4.73. The van der Waals surface area contributed by atoms with E-state index in [0.29, 0.717) is 12.0 Å². The number of rotatable bonds is 5. The first-order valence-electron chi connectivity index (χ1n) is 7.01. The van der Waals surface area contributed by atoms with Crippen LogP contribution in [0.5, 0.6) is 0 Å². The smallest absolute Gasteiger partial charge is 0.160 e. The van der Waals surface area contributed by atoms with E-state index in [1.807, 2.05) is 25.3 Å². The zero-order valence-electron chi connectivity index (χ0n) is 12.1. The lowest BCUT2D eigenvalue weighted by atomic mass is 10.00. The standard InChI is InChI=1S/C15H22ClN3/c1-5-10(2)9-11(3)19-14(12(4)16)18-13-7-6-8-17-15(13)19/h6-8,10-12H,5,9H2,1-4H3. The largest absolute Gasteiger partial charge is 0.309 e. The summed E-state index contributed by atoms with van der Waals surface area (Å²) < 4.78 is 2.21. The highest BCUT2D eigenvalue weighted by Gasteiger charge is 2.20. The van der Waals surface area contributed by atoms with Crippen LogP contribution in [0.25, 0.3) is 11.2 Å². The number of pyridine rings is 1. The second kappa shape index (κ2) is 5.91. The Morgan fingerprint density at radius 1 is 1.32 bits per heavy atom. The van der Waals surface area contributed by atoms with Gasteiger partial charge in [-0.2, -0.15) is 0 Å². The molecule has 0 saturated heterocycles. The molecule has 3 nitrogen and oxygen atoms in total. The molecule has 19 heavy (non-hydrogen) atoms. The van der Waals surface area contributed by atoms with Crippen LogP contribution in [-0.2, 0) is 0 Å². The molecule has 0 N–H and O–H groups in total. The van der Waals surface area contributed by atoms with Crippen molar-refractivity contribution >= 4 is 22.8 Å². The van der Waals surface area contributed by atoms with Crippen molar-refractivity contribution in [2.45, 2.75) is 52.0 Å². The summed E-state index contributed by atoms with van der Waals surface area (Å²) in [5.41, 5.74) is 1.88. The lowest BCUT2D eigenvalue weighted by molar-refractivity contribution is 0.395. The van der Waals surface area contributed by atoms with Crippen LogP contribution in [0.3, 0.4) is 0 Å². The first kappa shape index (κ1) is 14.3. The van der Waals surface area contributed by atoms with Crippen LogP contribution in [0, 0.1) is 5.92 Å². The van der Waals surface area contributed by atoms with Crippen LogP contribution in [-0.4, -0.2) is 14.5 Å². The van der Waals surface area contributed by atoms with Gasteiger partial charge in [-0.25, -0.2) is 9.97 Å². The summed E-state index contributed by atoms with van der Waals surface area (Å²) in [6.45, 7) is 8.71. The third kappa shape index (κ3) is 2.92. The summed E-state index contributed by atoms with van der Waals surface area (Å²) in [5, 5.41) is -0.103. The minimum Gasteiger partial charge on any atom is -0.309 e. The van der Waals surface area contributed by atoms with E-state index in [2.05, 4.69) is 35.3 Å². The van der Waals surface area contributed by atoms with E-state index in [0.717, 1.165) is 23.4 Å². The Labute approximate surface area is 120 Å². The summed E-state index contributed by atoms with van der Waals surface area (Å²) in [5.74, 6) is 1.61. The first-order chi connectivity index (χ1) is 9.04. The topological polar surface area (TPSA) is 30.7 Å². The maximum atomic E-state index is 6.28. The number of imidazole rings is 1. The number of hydrogen-bond acceptors (Lipinski definition) is 2. The van der Waals surface area contributed by atoms with Crippen molar-refractivity contribution in [3.63, 3.8) is 0 Å². The Kier molecular flexibility index (Phi) is 4.46. The number of hydrogen-bond donors (Lipinski definition) is 0. The number of alkyl halides is 1. The molecule has 4 heteroatoms. The Morgan fingerprint density at radius 3 is 2.68 bits per heavy atom. The fraction of sp³-hybridized carbons (Fsp3) is 0.600. The van der Waals surface area contributed by atoms with Gasteiger partial charge in [-0.3, -0.25) is 0 Å². The molecule has 0 aromatic carbocycles. The molecule has 2 aromatic rings. The van der Waals surface area contributed by atoms with Crippen molar-refractivity contribution in [2.24, 2.45) is 5.92 Å².